The Hall–Kier alpha value is -1.61. The Labute approximate surface area is 146 Å². The largest absolute Gasteiger partial charge is 0.478 e. The number of hydrogen-bond donors (Lipinski definition) is 2. The molecule has 0 spiro atoms. The van der Waals surface area contributed by atoms with Crippen LogP contribution in [0.25, 0.3) is 0 Å². The minimum atomic E-state index is -0.805. The van der Waals surface area contributed by atoms with E-state index < -0.39 is 5.97 Å². The monoisotopic (exact) mass is 329 g/mol. The molecule has 1 atom stereocenters. The SMILES string of the molecule is NC1CCCCC1.O=C(O)C=C1CCCC(Cc2ccccc2)C1. The average molecular weight is 329 g/mol. The first-order chi connectivity index (χ1) is 11.6. The zero-order valence-electron chi connectivity index (χ0n) is 14.6. The fraction of sp³-hybridized carbons (Fsp3) is 0.571. The van der Waals surface area contributed by atoms with Crippen LogP contribution in [0.4, 0.5) is 0 Å². The van der Waals surface area contributed by atoms with Crippen LogP contribution in [0.1, 0.15) is 63.4 Å². The normalized spacial score (nSPS) is 23.4. The van der Waals surface area contributed by atoms with Gasteiger partial charge < -0.3 is 10.8 Å². The summed E-state index contributed by atoms with van der Waals surface area (Å²) in [5, 5.41) is 8.77. The maximum absolute atomic E-state index is 10.7. The number of aliphatic carboxylic acids is 1. The molecular formula is C21H31NO2. The van der Waals surface area contributed by atoms with Crippen molar-refractivity contribution in [3.05, 3.63) is 47.5 Å². The second-order valence-corrected chi connectivity index (χ2v) is 7.19. The van der Waals surface area contributed by atoms with Crippen molar-refractivity contribution in [2.75, 3.05) is 0 Å². The first kappa shape index (κ1) is 18.7. The summed E-state index contributed by atoms with van der Waals surface area (Å²) in [7, 11) is 0. The number of benzene rings is 1. The van der Waals surface area contributed by atoms with Gasteiger partial charge in [-0.3, -0.25) is 0 Å². The van der Waals surface area contributed by atoms with Gasteiger partial charge in [-0.25, -0.2) is 4.79 Å². The Morgan fingerprint density at radius 2 is 1.79 bits per heavy atom. The highest BCUT2D eigenvalue weighted by molar-refractivity contribution is 5.80. The highest BCUT2D eigenvalue weighted by atomic mass is 16.4. The summed E-state index contributed by atoms with van der Waals surface area (Å²) in [4.78, 5) is 10.7. The van der Waals surface area contributed by atoms with Crippen molar-refractivity contribution in [2.24, 2.45) is 11.7 Å². The molecule has 0 radical (unpaired) electrons. The minimum absolute atomic E-state index is 0.536. The zero-order valence-corrected chi connectivity index (χ0v) is 14.6. The predicted molar refractivity (Wildman–Crippen MR) is 98.9 cm³/mol. The van der Waals surface area contributed by atoms with Crippen molar-refractivity contribution in [3.8, 4) is 0 Å². The number of carboxylic acids is 1. The lowest BCUT2D eigenvalue weighted by molar-refractivity contribution is -0.131. The molecule has 0 aromatic heterocycles. The molecule has 24 heavy (non-hydrogen) atoms. The number of carbonyl (C=O) groups is 1. The summed E-state index contributed by atoms with van der Waals surface area (Å²) in [5.41, 5.74) is 8.09. The molecule has 3 nitrogen and oxygen atoms in total. The first-order valence-electron chi connectivity index (χ1n) is 9.35. The van der Waals surface area contributed by atoms with Crippen LogP contribution >= 0.6 is 0 Å². The Morgan fingerprint density at radius 3 is 2.38 bits per heavy atom. The van der Waals surface area contributed by atoms with Gasteiger partial charge in [0.1, 0.15) is 0 Å². The Kier molecular flexibility index (Phi) is 8.03. The van der Waals surface area contributed by atoms with Crippen molar-refractivity contribution in [3.63, 3.8) is 0 Å². The van der Waals surface area contributed by atoms with E-state index in [9.17, 15) is 4.79 Å². The molecule has 132 valence electrons. The van der Waals surface area contributed by atoms with E-state index in [1.54, 1.807) is 0 Å². The molecular weight excluding hydrogens is 298 g/mol. The third-order valence-corrected chi connectivity index (χ3v) is 5.01. The van der Waals surface area contributed by atoms with Crippen LogP contribution in [-0.4, -0.2) is 17.1 Å². The molecule has 2 aliphatic carbocycles. The molecule has 0 aliphatic heterocycles. The fourth-order valence-electron chi connectivity index (χ4n) is 3.75. The van der Waals surface area contributed by atoms with Crippen LogP contribution in [0.5, 0.6) is 0 Å². The van der Waals surface area contributed by atoms with Crippen LogP contribution in [0.15, 0.2) is 42.0 Å². The van der Waals surface area contributed by atoms with Crippen LogP contribution in [0.2, 0.25) is 0 Å². The van der Waals surface area contributed by atoms with E-state index in [0.29, 0.717) is 12.0 Å². The van der Waals surface area contributed by atoms with Crippen molar-refractivity contribution in [1.82, 2.24) is 0 Å². The van der Waals surface area contributed by atoms with E-state index >= 15 is 0 Å². The van der Waals surface area contributed by atoms with E-state index in [1.165, 1.54) is 50.2 Å². The van der Waals surface area contributed by atoms with Gasteiger partial charge in [0.2, 0.25) is 0 Å². The molecule has 1 aromatic carbocycles. The molecule has 2 saturated carbocycles. The topological polar surface area (TPSA) is 63.3 Å². The summed E-state index contributed by atoms with van der Waals surface area (Å²) >= 11 is 0. The lowest BCUT2D eigenvalue weighted by Gasteiger charge is -2.24. The van der Waals surface area contributed by atoms with Crippen molar-refractivity contribution in [2.45, 2.75) is 70.3 Å². The van der Waals surface area contributed by atoms with Crippen molar-refractivity contribution < 1.29 is 9.90 Å². The Morgan fingerprint density at radius 1 is 1.08 bits per heavy atom. The van der Waals surface area contributed by atoms with Crippen molar-refractivity contribution in [1.29, 1.82) is 0 Å². The highest BCUT2D eigenvalue weighted by Gasteiger charge is 2.17. The number of hydrogen-bond acceptors (Lipinski definition) is 2. The maximum atomic E-state index is 10.7. The van der Waals surface area contributed by atoms with Gasteiger partial charge in [0.25, 0.3) is 0 Å². The molecule has 2 fully saturated rings. The number of allylic oxidation sites excluding steroid dienone is 1. The van der Waals surface area contributed by atoms with Crippen LogP contribution in [0, 0.1) is 5.92 Å². The number of carboxylic acid groups (broad SMARTS) is 1. The van der Waals surface area contributed by atoms with Gasteiger partial charge in [-0.2, -0.15) is 0 Å². The summed E-state index contributed by atoms with van der Waals surface area (Å²) in [6.45, 7) is 0. The van der Waals surface area contributed by atoms with Gasteiger partial charge in [-0.05, 0) is 56.4 Å². The predicted octanol–water partition coefficient (Wildman–Crippen LogP) is 4.71. The molecule has 3 rings (SSSR count). The van der Waals surface area contributed by atoms with Crippen molar-refractivity contribution >= 4 is 5.97 Å². The van der Waals surface area contributed by atoms with E-state index in [2.05, 4.69) is 24.3 Å². The minimum Gasteiger partial charge on any atom is -0.478 e. The molecule has 0 bridgehead atoms. The fourth-order valence-corrected chi connectivity index (χ4v) is 3.75. The highest BCUT2D eigenvalue weighted by Crippen LogP contribution is 2.30. The summed E-state index contributed by atoms with van der Waals surface area (Å²) in [6.07, 6.45) is 13.4. The van der Waals surface area contributed by atoms with E-state index in [4.69, 9.17) is 10.8 Å². The molecule has 2 aliphatic rings. The Bertz CT molecular complexity index is 518. The molecule has 0 heterocycles. The first-order valence-corrected chi connectivity index (χ1v) is 9.35. The molecule has 0 amide bonds. The smallest absolute Gasteiger partial charge is 0.328 e. The van der Waals surface area contributed by atoms with Crippen LogP contribution in [-0.2, 0) is 11.2 Å². The van der Waals surface area contributed by atoms with Gasteiger partial charge in [-0.15, -0.1) is 0 Å². The standard InChI is InChI=1S/C15H18O2.C6H13N/c16-15(17)11-14-8-4-7-13(10-14)9-12-5-2-1-3-6-12;7-6-4-2-1-3-5-6/h1-3,5-6,11,13H,4,7-10H2,(H,16,17);6H,1-5,7H2. The maximum Gasteiger partial charge on any atom is 0.328 e. The molecule has 0 saturated heterocycles. The van der Waals surface area contributed by atoms with E-state index in [-0.39, 0.29) is 0 Å². The number of nitrogens with two attached hydrogens (primary N) is 1. The zero-order chi connectivity index (χ0) is 17.2. The Balaban J connectivity index is 0.000000249. The van der Waals surface area contributed by atoms with E-state index in [1.807, 2.05) is 6.07 Å². The molecule has 1 aromatic rings. The van der Waals surface area contributed by atoms with Gasteiger partial charge >= 0.3 is 5.97 Å². The summed E-state index contributed by atoms with van der Waals surface area (Å²) < 4.78 is 0. The number of rotatable bonds is 3. The van der Waals surface area contributed by atoms with Crippen LogP contribution in [0.3, 0.4) is 0 Å². The lowest BCUT2D eigenvalue weighted by Crippen LogP contribution is -2.22. The second-order valence-electron chi connectivity index (χ2n) is 7.19. The second kappa shape index (κ2) is 10.3. The van der Waals surface area contributed by atoms with Gasteiger partial charge in [-0.1, -0.05) is 55.2 Å². The third kappa shape index (κ3) is 7.31. The van der Waals surface area contributed by atoms with Crippen LogP contribution < -0.4 is 5.73 Å². The molecule has 3 N–H and O–H groups in total. The quantitative estimate of drug-likeness (QED) is 0.790. The average Bonchev–Trinajstić information content (AvgIpc) is 2.57. The lowest BCUT2D eigenvalue weighted by atomic mass is 9.82. The van der Waals surface area contributed by atoms with Gasteiger partial charge in [0.05, 0.1) is 0 Å². The third-order valence-electron chi connectivity index (χ3n) is 5.01. The van der Waals surface area contributed by atoms with E-state index in [0.717, 1.165) is 31.3 Å². The van der Waals surface area contributed by atoms with Gasteiger partial charge in [0.15, 0.2) is 0 Å². The molecule has 1 unspecified atom stereocenters. The molecule has 3 heteroatoms. The summed E-state index contributed by atoms with van der Waals surface area (Å²) in [6, 6.07) is 11.0. The van der Waals surface area contributed by atoms with Gasteiger partial charge in [0, 0.05) is 12.1 Å². The summed E-state index contributed by atoms with van der Waals surface area (Å²) in [5.74, 6) is -0.197.